The Hall–Kier alpha value is -1.81. The van der Waals surface area contributed by atoms with Crippen molar-refractivity contribution in [3.8, 4) is 5.69 Å². The SMILES string of the molecule is NC1CCN(c2nccn2-c2ccccc2)C1. The van der Waals surface area contributed by atoms with Crippen LogP contribution in [0.3, 0.4) is 0 Å². The number of benzene rings is 1. The standard InChI is InChI=1S/C13H16N4/c14-11-6-8-16(10-11)13-15-7-9-17(13)12-4-2-1-3-5-12/h1-5,7,9,11H,6,8,10,14H2. The first-order valence-corrected chi connectivity index (χ1v) is 5.94. The maximum Gasteiger partial charge on any atom is 0.210 e. The van der Waals surface area contributed by atoms with Crippen molar-refractivity contribution in [1.29, 1.82) is 0 Å². The highest BCUT2D eigenvalue weighted by molar-refractivity contribution is 5.44. The van der Waals surface area contributed by atoms with Crippen molar-refractivity contribution in [2.45, 2.75) is 12.5 Å². The highest BCUT2D eigenvalue weighted by Gasteiger charge is 2.22. The van der Waals surface area contributed by atoms with Crippen molar-refractivity contribution in [3.05, 3.63) is 42.7 Å². The van der Waals surface area contributed by atoms with Crippen molar-refractivity contribution < 1.29 is 0 Å². The molecule has 0 aliphatic carbocycles. The van der Waals surface area contributed by atoms with Crippen molar-refractivity contribution in [1.82, 2.24) is 9.55 Å². The molecule has 4 heteroatoms. The summed E-state index contributed by atoms with van der Waals surface area (Å²) in [6, 6.07) is 10.5. The molecule has 4 nitrogen and oxygen atoms in total. The summed E-state index contributed by atoms with van der Waals surface area (Å²) in [4.78, 5) is 6.69. The molecule has 17 heavy (non-hydrogen) atoms. The molecule has 0 radical (unpaired) electrons. The van der Waals surface area contributed by atoms with Crippen LogP contribution in [0.15, 0.2) is 42.7 Å². The lowest BCUT2D eigenvalue weighted by molar-refractivity contribution is 0.749. The molecule has 1 fully saturated rings. The number of hydrogen-bond donors (Lipinski definition) is 1. The van der Waals surface area contributed by atoms with E-state index in [2.05, 4.69) is 26.6 Å². The second-order valence-electron chi connectivity index (χ2n) is 4.43. The highest BCUT2D eigenvalue weighted by Crippen LogP contribution is 2.21. The molecule has 1 unspecified atom stereocenters. The topological polar surface area (TPSA) is 47.1 Å². The third-order valence-electron chi connectivity index (χ3n) is 3.16. The van der Waals surface area contributed by atoms with Gasteiger partial charge in [0, 0.05) is 37.2 Å². The summed E-state index contributed by atoms with van der Waals surface area (Å²) in [5.41, 5.74) is 7.08. The molecule has 88 valence electrons. The fourth-order valence-electron chi connectivity index (χ4n) is 2.29. The lowest BCUT2D eigenvalue weighted by Crippen LogP contribution is -2.28. The van der Waals surface area contributed by atoms with Gasteiger partial charge in [-0.3, -0.25) is 4.57 Å². The van der Waals surface area contributed by atoms with E-state index in [1.165, 1.54) is 0 Å². The Balaban J connectivity index is 1.95. The predicted molar refractivity (Wildman–Crippen MR) is 68.4 cm³/mol. The summed E-state index contributed by atoms with van der Waals surface area (Å²) in [5, 5.41) is 0. The van der Waals surface area contributed by atoms with Gasteiger partial charge in [0.05, 0.1) is 0 Å². The monoisotopic (exact) mass is 228 g/mol. The van der Waals surface area contributed by atoms with Crippen molar-refractivity contribution in [2.75, 3.05) is 18.0 Å². The number of imidazole rings is 1. The minimum atomic E-state index is 0.274. The van der Waals surface area contributed by atoms with Crippen LogP contribution < -0.4 is 10.6 Å². The van der Waals surface area contributed by atoms with Gasteiger partial charge >= 0.3 is 0 Å². The number of aromatic nitrogens is 2. The first-order chi connectivity index (χ1) is 8.34. The van der Waals surface area contributed by atoms with E-state index in [1.807, 2.05) is 30.6 Å². The molecule has 3 rings (SSSR count). The number of nitrogens with zero attached hydrogens (tertiary/aromatic N) is 3. The van der Waals surface area contributed by atoms with Crippen LogP contribution in [0.25, 0.3) is 5.69 Å². The van der Waals surface area contributed by atoms with E-state index < -0.39 is 0 Å². The molecule has 1 aliphatic rings. The molecule has 1 aromatic carbocycles. The van der Waals surface area contributed by atoms with Gasteiger partial charge in [-0.1, -0.05) is 18.2 Å². The third-order valence-corrected chi connectivity index (χ3v) is 3.16. The van der Waals surface area contributed by atoms with Gasteiger partial charge in [-0.25, -0.2) is 4.98 Å². The fraction of sp³-hybridized carbons (Fsp3) is 0.308. The predicted octanol–water partition coefficient (Wildman–Crippen LogP) is 1.41. The van der Waals surface area contributed by atoms with E-state index in [9.17, 15) is 0 Å². The van der Waals surface area contributed by atoms with Gasteiger partial charge in [-0.15, -0.1) is 0 Å². The zero-order chi connectivity index (χ0) is 11.7. The zero-order valence-electron chi connectivity index (χ0n) is 9.66. The number of para-hydroxylation sites is 1. The van der Waals surface area contributed by atoms with Crippen LogP contribution in [0.2, 0.25) is 0 Å². The molecule has 2 N–H and O–H groups in total. The Kier molecular flexibility index (Phi) is 2.57. The Labute approximate surface area is 101 Å². The van der Waals surface area contributed by atoms with Gasteiger partial charge in [0.2, 0.25) is 5.95 Å². The van der Waals surface area contributed by atoms with Crippen LogP contribution in [-0.4, -0.2) is 28.7 Å². The molecule has 1 atom stereocenters. The third kappa shape index (κ3) is 1.91. The van der Waals surface area contributed by atoms with Gasteiger partial charge in [-0.05, 0) is 18.6 Å². The van der Waals surface area contributed by atoms with E-state index in [0.717, 1.165) is 31.1 Å². The van der Waals surface area contributed by atoms with E-state index >= 15 is 0 Å². The Morgan fingerprint density at radius 2 is 2.06 bits per heavy atom. The molecule has 0 amide bonds. The molecule has 0 bridgehead atoms. The number of anilines is 1. The van der Waals surface area contributed by atoms with Crippen LogP contribution in [0.5, 0.6) is 0 Å². The lowest BCUT2D eigenvalue weighted by Gasteiger charge is -2.18. The lowest BCUT2D eigenvalue weighted by atomic mass is 10.3. The molecule has 0 saturated carbocycles. The number of rotatable bonds is 2. The zero-order valence-corrected chi connectivity index (χ0v) is 9.66. The summed E-state index contributed by atoms with van der Waals surface area (Å²) in [6.45, 7) is 1.88. The Bertz CT molecular complexity index is 491. The normalized spacial score (nSPS) is 19.8. The minimum Gasteiger partial charge on any atom is -0.340 e. The van der Waals surface area contributed by atoms with E-state index in [4.69, 9.17) is 5.73 Å². The molecule has 2 aromatic rings. The van der Waals surface area contributed by atoms with Gasteiger partial charge in [-0.2, -0.15) is 0 Å². The fourth-order valence-corrected chi connectivity index (χ4v) is 2.29. The largest absolute Gasteiger partial charge is 0.340 e. The quantitative estimate of drug-likeness (QED) is 0.845. The van der Waals surface area contributed by atoms with Crippen molar-refractivity contribution >= 4 is 5.95 Å². The second-order valence-corrected chi connectivity index (χ2v) is 4.43. The molecule has 1 aliphatic heterocycles. The number of hydrogen-bond acceptors (Lipinski definition) is 3. The second kappa shape index (κ2) is 4.22. The molecule has 0 spiro atoms. The summed E-state index contributed by atoms with van der Waals surface area (Å²) in [6.07, 6.45) is 4.88. The minimum absolute atomic E-state index is 0.274. The molecular formula is C13H16N4. The number of nitrogens with two attached hydrogens (primary N) is 1. The van der Waals surface area contributed by atoms with Crippen LogP contribution >= 0.6 is 0 Å². The Morgan fingerprint density at radius 1 is 1.24 bits per heavy atom. The van der Waals surface area contributed by atoms with Crippen molar-refractivity contribution in [3.63, 3.8) is 0 Å². The molecule has 1 saturated heterocycles. The van der Waals surface area contributed by atoms with E-state index in [1.54, 1.807) is 0 Å². The van der Waals surface area contributed by atoms with Gasteiger partial charge in [0.25, 0.3) is 0 Å². The van der Waals surface area contributed by atoms with Gasteiger partial charge < -0.3 is 10.6 Å². The van der Waals surface area contributed by atoms with Gasteiger partial charge in [0.1, 0.15) is 0 Å². The Morgan fingerprint density at radius 3 is 2.76 bits per heavy atom. The summed E-state index contributed by atoms with van der Waals surface area (Å²) in [5.74, 6) is 0.990. The van der Waals surface area contributed by atoms with Crippen LogP contribution in [-0.2, 0) is 0 Å². The average molecular weight is 228 g/mol. The van der Waals surface area contributed by atoms with E-state index in [0.29, 0.717) is 0 Å². The molecule has 1 aromatic heterocycles. The average Bonchev–Trinajstić information content (AvgIpc) is 2.98. The summed E-state index contributed by atoms with van der Waals surface area (Å²) < 4.78 is 2.11. The first kappa shape index (κ1) is 10.4. The molecular weight excluding hydrogens is 212 g/mol. The van der Waals surface area contributed by atoms with Crippen molar-refractivity contribution in [2.24, 2.45) is 5.73 Å². The summed E-state index contributed by atoms with van der Waals surface area (Å²) >= 11 is 0. The van der Waals surface area contributed by atoms with Crippen LogP contribution in [0.1, 0.15) is 6.42 Å². The van der Waals surface area contributed by atoms with E-state index in [-0.39, 0.29) is 6.04 Å². The molecule has 2 heterocycles. The maximum atomic E-state index is 5.94. The van der Waals surface area contributed by atoms with Crippen LogP contribution in [0.4, 0.5) is 5.95 Å². The van der Waals surface area contributed by atoms with Crippen LogP contribution in [0, 0.1) is 0 Å². The van der Waals surface area contributed by atoms with Gasteiger partial charge in [0.15, 0.2) is 0 Å². The first-order valence-electron chi connectivity index (χ1n) is 5.94. The smallest absolute Gasteiger partial charge is 0.210 e. The highest BCUT2D eigenvalue weighted by atomic mass is 15.3. The summed E-state index contributed by atoms with van der Waals surface area (Å²) in [7, 11) is 0. The maximum absolute atomic E-state index is 5.94.